The van der Waals surface area contributed by atoms with Gasteiger partial charge in [-0.15, -0.1) is 0 Å². The van der Waals surface area contributed by atoms with Crippen LogP contribution in [0.4, 0.5) is 0 Å². The zero-order valence-electron chi connectivity index (χ0n) is 6.70. The molecular weight excluding hydrogens is 138 g/mol. The van der Waals surface area contributed by atoms with Crippen molar-refractivity contribution in [3.8, 4) is 0 Å². The molecule has 0 amide bonds. The van der Waals surface area contributed by atoms with Crippen molar-refractivity contribution in [3.05, 3.63) is 30.1 Å². The summed E-state index contributed by atoms with van der Waals surface area (Å²) in [4.78, 5) is 0. The molecule has 0 spiro atoms. The van der Waals surface area contributed by atoms with Crippen LogP contribution in [0.5, 0.6) is 0 Å². The van der Waals surface area contributed by atoms with Gasteiger partial charge in [-0.25, -0.2) is 0 Å². The average Bonchev–Trinajstić information content (AvgIpc) is 2.47. The average molecular weight is 151 g/mol. The molecule has 0 aromatic carbocycles. The highest BCUT2D eigenvalue weighted by molar-refractivity contribution is 5.45. The van der Waals surface area contributed by atoms with Crippen molar-refractivity contribution >= 4 is 6.08 Å². The first-order valence-corrected chi connectivity index (χ1v) is 3.81. The Hall–Kier alpha value is -1.02. The fourth-order valence-electron chi connectivity index (χ4n) is 1.04. The molecule has 0 unspecified atom stereocenters. The van der Waals surface area contributed by atoms with Gasteiger partial charge in [0.25, 0.3) is 0 Å². The molecule has 2 heteroatoms. The Bertz CT molecular complexity index is 237. The number of aliphatic hydroxyl groups excluding tert-OH is 1. The molecule has 2 nitrogen and oxygen atoms in total. The van der Waals surface area contributed by atoms with E-state index in [0.717, 1.165) is 12.2 Å². The molecule has 1 heterocycles. The Labute approximate surface area is 66.8 Å². The maximum absolute atomic E-state index is 8.53. The van der Waals surface area contributed by atoms with Crippen LogP contribution in [-0.4, -0.2) is 16.3 Å². The van der Waals surface area contributed by atoms with E-state index in [4.69, 9.17) is 5.11 Å². The number of aromatic nitrogens is 1. The van der Waals surface area contributed by atoms with Gasteiger partial charge in [0.1, 0.15) is 0 Å². The van der Waals surface area contributed by atoms with Crippen LogP contribution in [0.25, 0.3) is 6.08 Å². The summed E-state index contributed by atoms with van der Waals surface area (Å²) in [7, 11) is 0. The number of hydrogen-bond acceptors (Lipinski definition) is 1. The summed E-state index contributed by atoms with van der Waals surface area (Å²) in [6.45, 7) is 3.17. The summed E-state index contributed by atoms with van der Waals surface area (Å²) >= 11 is 0. The summed E-state index contributed by atoms with van der Waals surface area (Å²) in [5, 5.41) is 8.53. The van der Waals surface area contributed by atoms with E-state index in [-0.39, 0.29) is 6.61 Å². The van der Waals surface area contributed by atoms with Gasteiger partial charge >= 0.3 is 0 Å². The van der Waals surface area contributed by atoms with Gasteiger partial charge in [0.05, 0.1) is 6.61 Å². The molecule has 1 rings (SSSR count). The predicted molar refractivity (Wildman–Crippen MR) is 46.2 cm³/mol. The number of nitrogens with zero attached hydrogens (tertiary/aromatic N) is 1. The number of aliphatic hydroxyl groups is 1. The van der Waals surface area contributed by atoms with Crippen molar-refractivity contribution in [2.45, 2.75) is 13.5 Å². The van der Waals surface area contributed by atoms with E-state index >= 15 is 0 Å². The maximum atomic E-state index is 8.53. The Morgan fingerprint density at radius 2 is 2.45 bits per heavy atom. The minimum absolute atomic E-state index is 0.106. The molecule has 0 bridgehead atoms. The molecule has 1 aromatic rings. The highest BCUT2D eigenvalue weighted by atomic mass is 16.2. The van der Waals surface area contributed by atoms with Gasteiger partial charge in [-0.1, -0.05) is 6.08 Å². The van der Waals surface area contributed by atoms with Gasteiger partial charge in [-0.05, 0) is 25.1 Å². The van der Waals surface area contributed by atoms with Gasteiger partial charge in [-0.3, -0.25) is 0 Å². The second-order valence-corrected chi connectivity index (χ2v) is 2.30. The standard InChI is InChI=1S/C9H13NO/c1-2-10-7-3-5-9(10)6-4-8-11/h3-7,11H,2,8H2,1H3. The van der Waals surface area contributed by atoms with E-state index in [0.29, 0.717) is 0 Å². The topological polar surface area (TPSA) is 25.2 Å². The predicted octanol–water partition coefficient (Wildman–Crippen LogP) is 1.51. The normalized spacial score (nSPS) is 11.1. The number of aryl methyl sites for hydroxylation is 1. The zero-order valence-corrected chi connectivity index (χ0v) is 6.70. The summed E-state index contributed by atoms with van der Waals surface area (Å²) in [5.74, 6) is 0. The van der Waals surface area contributed by atoms with Crippen molar-refractivity contribution < 1.29 is 5.11 Å². The van der Waals surface area contributed by atoms with Crippen LogP contribution >= 0.6 is 0 Å². The van der Waals surface area contributed by atoms with Crippen molar-refractivity contribution in [3.63, 3.8) is 0 Å². The van der Waals surface area contributed by atoms with E-state index in [1.807, 2.05) is 24.4 Å². The maximum Gasteiger partial charge on any atom is 0.0616 e. The number of rotatable bonds is 3. The third-order valence-corrected chi connectivity index (χ3v) is 1.60. The fraction of sp³-hybridized carbons (Fsp3) is 0.333. The highest BCUT2D eigenvalue weighted by Crippen LogP contribution is 2.03. The molecule has 1 aromatic heterocycles. The van der Waals surface area contributed by atoms with Gasteiger partial charge < -0.3 is 9.67 Å². The monoisotopic (exact) mass is 151 g/mol. The van der Waals surface area contributed by atoms with Gasteiger partial charge in [-0.2, -0.15) is 0 Å². The van der Waals surface area contributed by atoms with Crippen molar-refractivity contribution in [2.24, 2.45) is 0 Å². The minimum atomic E-state index is 0.106. The third kappa shape index (κ3) is 1.95. The van der Waals surface area contributed by atoms with E-state index in [1.54, 1.807) is 6.08 Å². The van der Waals surface area contributed by atoms with Crippen LogP contribution in [0.3, 0.4) is 0 Å². The summed E-state index contributed by atoms with van der Waals surface area (Å²) in [6, 6.07) is 4.02. The van der Waals surface area contributed by atoms with Gasteiger partial charge in [0, 0.05) is 18.4 Å². The Kier molecular flexibility index (Phi) is 2.93. The summed E-state index contributed by atoms with van der Waals surface area (Å²) < 4.78 is 2.12. The van der Waals surface area contributed by atoms with Crippen molar-refractivity contribution in [2.75, 3.05) is 6.61 Å². The first-order chi connectivity index (χ1) is 5.38. The molecule has 0 aliphatic carbocycles. The molecular formula is C9H13NO. The molecule has 0 aliphatic rings. The smallest absolute Gasteiger partial charge is 0.0616 e. The lowest BCUT2D eigenvalue weighted by molar-refractivity contribution is 0.343. The van der Waals surface area contributed by atoms with Gasteiger partial charge in [0.2, 0.25) is 0 Å². The number of hydrogen-bond donors (Lipinski definition) is 1. The van der Waals surface area contributed by atoms with Crippen LogP contribution in [0, 0.1) is 0 Å². The highest BCUT2D eigenvalue weighted by Gasteiger charge is 1.91. The molecule has 0 saturated heterocycles. The van der Waals surface area contributed by atoms with Crippen LogP contribution in [0.15, 0.2) is 24.4 Å². The lowest BCUT2D eigenvalue weighted by atomic mass is 10.4. The van der Waals surface area contributed by atoms with E-state index < -0.39 is 0 Å². The molecule has 0 saturated carbocycles. The molecule has 0 atom stereocenters. The van der Waals surface area contributed by atoms with Crippen molar-refractivity contribution in [1.82, 2.24) is 4.57 Å². The van der Waals surface area contributed by atoms with Crippen LogP contribution in [0.1, 0.15) is 12.6 Å². The first kappa shape index (κ1) is 8.08. The minimum Gasteiger partial charge on any atom is -0.392 e. The quantitative estimate of drug-likeness (QED) is 0.696. The molecule has 60 valence electrons. The first-order valence-electron chi connectivity index (χ1n) is 3.81. The van der Waals surface area contributed by atoms with E-state index in [2.05, 4.69) is 11.5 Å². The van der Waals surface area contributed by atoms with E-state index in [1.165, 1.54) is 0 Å². The molecule has 11 heavy (non-hydrogen) atoms. The molecule has 0 fully saturated rings. The van der Waals surface area contributed by atoms with E-state index in [9.17, 15) is 0 Å². The lowest BCUT2D eigenvalue weighted by Gasteiger charge is -1.99. The largest absolute Gasteiger partial charge is 0.392 e. The Balaban J connectivity index is 2.76. The second kappa shape index (κ2) is 3.98. The Morgan fingerprint density at radius 3 is 3.09 bits per heavy atom. The van der Waals surface area contributed by atoms with Crippen LogP contribution in [-0.2, 0) is 6.54 Å². The fourth-order valence-corrected chi connectivity index (χ4v) is 1.04. The molecule has 1 N–H and O–H groups in total. The second-order valence-electron chi connectivity index (χ2n) is 2.30. The van der Waals surface area contributed by atoms with Crippen LogP contribution in [0.2, 0.25) is 0 Å². The zero-order chi connectivity index (χ0) is 8.10. The SMILES string of the molecule is CCn1cccc1C=CCO. The molecule has 0 radical (unpaired) electrons. The third-order valence-electron chi connectivity index (χ3n) is 1.60. The lowest BCUT2D eigenvalue weighted by Crippen LogP contribution is -1.93. The van der Waals surface area contributed by atoms with Crippen LogP contribution < -0.4 is 0 Å². The van der Waals surface area contributed by atoms with Crippen molar-refractivity contribution in [1.29, 1.82) is 0 Å². The van der Waals surface area contributed by atoms with Gasteiger partial charge in [0.15, 0.2) is 0 Å². The Morgan fingerprint density at radius 1 is 1.64 bits per heavy atom. The molecule has 0 aliphatic heterocycles. The summed E-state index contributed by atoms with van der Waals surface area (Å²) in [6.07, 6.45) is 5.68. The summed E-state index contributed by atoms with van der Waals surface area (Å²) in [5.41, 5.74) is 1.14.